The van der Waals surface area contributed by atoms with Crippen LogP contribution in [0.15, 0.2) is 0 Å². The minimum atomic E-state index is -2.32. The summed E-state index contributed by atoms with van der Waals surface area (Å²) in [5, 5.41) is 10.2. The Bertz CT molecular complexity index is 281. The zero-order valence-corrected chi connectivity index (χ0v) is 12.4. The molecule has 6 nitrogen and oxygen atoms in total. The third-order valence-electron chi connectivity index (χ3n) is 3.73. The summed E-state index contributed by atoms with van der Waals surface area (Å²) in [6, 6.07) is -0.397. The van der Waals surface area contributed by atoms with Crippen LogP contribution in [0.3, 0.4) is 0 Å². The van der Waals surface area contributed by atoms with E-state index in [0.717, 1.165) is 45.2 Å². The van der Waals surface area contributed by atoms with Crippen LogP contribution in [0.1, 0.15) is 32.1 Å². The highest BCUT2D eigenvalue weighted by atomic mass is 32.2. The van der Waals surface area contributed by atoms with Gasteiger partial charge in [0.15, 0.2) is 0 Å². The summed E-state index contributed by atoms with van der Waals surface area (Å²) >= 11 is -2.32. The Hall–Kier alpha value is -0.0500. The predicted octanol–water partition coefficient (Wildman–Crippen LogP) is -0.430. The Morgan fingerprint density at radius 2 is 2.05 bits per heavy atom. The molecule has 1 unspecified atom stereocenters. The van der Waals surface area contributed by atoms with Crippen LogP contribution in [0.25, 0.3) is 0 Å². The maximum absolute atomic E-state index is 10.7. The van der Waals surface area contributed by atoms with Gasteiger partial charge >= 0.3 is 0 Å². The number of aliphatic hydroxyl groups excluding tert-OH is 1. The zero-order chi connectivity index (χ0) is 14.3. The smallest absolute Gasteiger partial charge is 0.0755 e. The van der Waals surface area contributed by atoms with Gasteiger partial charge in [0.1, 0.15) is 0 Å². The molecule has 4 N–H and O–H groups in total. The first-order valence-corrected chi connectivity index (χ1v) is 8.04. The van der Waals surface area contributed by atoms with E-state index in [0.29, 0.717) is 6.54 Å². The molecule has 0 radical (unpaired) electrons. The molecule has 0 aromatic rings. The van der Waals surface area contributed by atoms with Crippen LogP contribution in [0.4, 0.5) is 0 Å². The van der Waals surface area contributed by atoms with Crippen molar-refractivity contribution >= 4 is 11.3 Å². The molecule has 0 aliphatic carbocycles. The topological polar surface area (TPSA) is 102 Å². The van der Waals surface area contributed by atoms with Crippen molar-refractivity contribution in [3.8, 4) is 0 Å². The Labute approximate surface area is 118 Å². The molecule has 1 saturated heterocycles. The van der Waals surface area contributed by atoms with E-state index in [1.165, 1.54) is 0 Å². The molecule has 1 aliphatic rings. The van der Waals surface area contributed by atoms with Crippen LogP contribution >= 0.6 is 0 Å². The molecule has 0 spiro atoms. The largest absolute Gasteiger partial charge is 0.760 e. The Kier molecular flexibility index (Phi) is 8.05. The lowest BCUT2D eigenvalue weighted by atomic mass is 9.87. The SMILES string of the molecule is CN1C[C@H](CCCCCCN)[C@@H](O)[C@H](NS(=O)[O-])C1. The maximum Gasteiger partial charge on any atom is 0.0755 e. The number of nitrogens with zero attached hydrogens (tertiary/aromatic N) is 1. The Morgan fingerprint density at radius 1 is 1.37 bits per heavy atom. The van der Waals surface area contributed by atoms with Crippen molar-refractivity contribution in [2.24, 2.45) is 11.7 Å². The number of aliphatic hydroxyl groups is 1. The molecule has 1 rings (SSSR count). The average Bonchev–Trinajstić information content (AvgIpc) is 2.33. The van der Waals surface area contributed by atoms with Gasteiger partial charge in [0, 0.05) is 24.4 Å². The van der Waals surface area contributed by atoms with Crippen LogP contribution in [0.5, 0.6) is 0 Å². The molecule has 0 bridgehead atoms. The van der Waals surface area contributed by atoms with Crippen molar-refractivity contribution in [3.63, 3.8) is 0 Å². The highest BCUT2D eigenvalue weighted by Crippen LogP contribution is 2.22. The summed E-state index contributed by atoms with van der Waals surface area (Å²) in [6.45, 7) is 2.11. The summed E-state index contributed by atoms with van der Waals surface area (Å²) in [7, 11) is 1.95. The number of nitrogens with two attached hydrogens (primary N) is 1. The molecular weight excluding hydrogens is 266 g/mol. The monoisotopic (exact) mass is 292 g/mol. The van der Waals surface area contributed by atoms with Crippen molar-refractivity contribution in [1.82, 2.24) is 9.62 Å². The molecule has 114 valence electrons. The van der Waals surface area contributed by atoms with Crippen molar-refractivity contribution < 1.29 is 13.9 Å². The summed E-state index contributed by atoms with van der Waals surface area (Å²) in [5.41, 5.74) is 5.44. The van der Waals surface area contributed by atoms with Gasteiger partial charge in [-0.25, -0.2) is 4.72 Å². The number of nitrogens with one attached hydrogen (secondary N) is 1. The molecule has 0 saturated carbocycles. The standard InChI is InChI=1S/C12H27N3O3S/c1-15-8-10(6-4-2-3-5-7-13)12(16)11(9-15)14-19(17)18/h10-12,14,16H,2-9,13H2,1H3,(H,17,18)/p-1/t10-,11+,12+/m0/s1. The number of hydrogen-bond donors (Lipinski definition) is 3. The second-order valence-corrected chi connectivity index (χ2v) is 6.13. The number of rotatable bonds is 8. The van der Waals surface area contributed by atoms with E-state index in [2.05, 4.69) is 9.62 Å². The van der Waals surface area contributed by atoms with Gasteiger partial charge in [0.25, 0.3) is 0 Å². The lowest BCUT2D eigenvalue weighted by Gasteiger charge is -2.40. The molecule has 0 aromatic carbocycles. The minimum absolute atomic E-state index is 0.137. The van der Waals surface area contributed by atoms with Crippen LogP contribution in [-0.4, -0.2) is 57.6 Å². The van der Waals surface area contributed by atoms with E-state index in [9.17, 15) is 13.9 Å². The minimum Gasteiger partial charge on any atom is -0.760 e. The number of likely N-dealkylation sites (N-methyl/N-ethyl adjacent to an activating group) is 1. The molecule has 19 heavy (non-hydrogen) atoms. The van der Waals surface area contributed by atoms with E-state index in [4.69, 9.17) is 5.73 Å². The highest BCUT2D eigenvalue weighted by molar-refractivity contribution is 7.77. The van der Waals surface area contributed by atoms with Gasteiger partial charge in [-0.2, -0.15) is 0 Å². The Morgan fingerprint density at radius 3 is 2.68 bits per heavy atom. The van der Waals surface area contributed by atoms with Crippen molar-refractivity contribution in [2.45, 2.75) is 44.2 Å². The maximum atomic E-state index is 10.7. The third kappa shape index (κ3) is 6.29. The molecule has 7 heteroatoms. The van der Waals surface area contributed by atoms with Crippen LogP contribution in [0.2, 0.25) is 0 Å². The van der Waals surface area contributed by atoms with Crippen molar-refractivity contribution in [2.75, 3.05) is 26.7 Å². The van der Waals surface area contributed by atoms with E-state index in [1.807, 2.05) is 7.05 Å². The first-order chi connectivity index (χ1) is 9.04. The first-order valence-electron chi connectivity index (χ1n) is 6.96. The summed E-state index contributed by atoms with van der Waals surface area (Å²) < 4.78 is 23.8. The second-order valence-electron chi connectivity index (χ2n) is 5.42. The van der Waals surface area contributed by atoms with Gasteiger partial charge < -0.3 is 20.3 Å². The lowest BCUT2D eigenvalue weighted by molar-refractivity contribution is 0.00867. The second kappa shape index (κ2) is 8.99. The summed E-state index contributed by atoms with van der Waals surface area (Å²) in [4.78, 5) is 2.07. The van der Waals surface area contributed by atoms with Crippen LogP contribution in [-0.2, 0) is 11.3 Å². The summed E-state index contributed by atoms with van der Waals surface area (Å²) in [5.74, 6) is 0.137. The Balaban J connectivity index is 2.36. The van der Waals surface area contributed by atoms with Gasteiger partial charge in [0.2, 0.25) is 0 Å². The summed E-state index contributed by atoms with van der Waals surface area (Å²) in [6.07, 6.45) is 4.69. The number of piperidine rings is 1. The predicted molar refractivity (Wildman–Crippen MR) is 75.0 cm³/mol. The lowest BCUT2D eigenvalue weighted by Crippen LogP contribution is -2.57. The van der Waals surface area contributed by atoms with Crippen molar-refractivity contribution in [3.05, 3.63) is 0 Å². The van der Waals surface area contributed by atoms with Gasteiger partial charge in [-0.15, -0.1) is 0 Å². The van der Waals surface area contributed by atoms with E-state index in [-0.39, 0.29) is 5.92 Å². The van der Waals surface area contributed by atoms with Crippen molar-refractivity contribution in [1.29, 1.82) is 0 Å². The third-order valence-corrected chi connectivity index (χ3v) is 4.22. The van der Waals surface area contributed by atoms with E-state index < -0.39 is 23.4 Å². The molecule has 0 amide bonds. The van der Waals surface area contributed by atoms with Gasteiger partial charge in [-0.3, -0.25) is 4.21 Å². The average molecular weight is 292 g/mol. The normalized spacial score (nSPS) is 30.4. The fourth-order valence-corrected chi connectivity index (χ4v) is 3.21. The van der Waals surface area contributed by atoms with Crippen LogP contribution < -0.4 is 10.5 Å². The van der Waals surface area contributed by atoms with Gasteiger partial charge in [-0.1, -0.05) is 19.3 Å². The number of likely N-dealkylation sites (tertiary alicyclic amines) is 1. The van der Waals surface area contributed by atoms with Gasteiger partial charge in [-0.05, 0) is 32.4 Å². The quantitative estimate of drug-likeness (QED) is 0.416. The first kappa shape index (κ1) is 17.0. The highest BCUT2D eigenvalue weighted by Gasteiger charge is 2.33. The van der Waals surface area contributed by atoms with E-state index >= 15 is 0 Å². The molecule has 1 fully saturated rings. The fourth-order valence-electron chi connectivity index (χ4n) is 2.75. The molecule has 4 atom stereocenters. The molecule has 0 aromatic heterocycles. The van der Waals surface area contributed by atoms with E-state index in [1.54, 1.807) is 0 Å². The number of unbranched alkanes of at least 4 members (excludes halogenated alkanes) is 3. The molecule has 1 aliphatic heterocycles. The molecular formula is C12H26N3O3S-. The molecule has 1 heterocycles. The van der Waals surface area contributed by atoms with Gasteiger partial charge in [0.05, 0.1) is 12.1 Å². The zero-order valence-electron chi connectivity index (χ0n) is 11.6. The fraction of sp³-hybridized carbons (Fsp3) is 1.00. The number of hydrogen-bond acceptors (Lipinski definition) is 5. The van der Waals surface area contributed by atoms with Crippen LogP contribution in [0, 0.1) is 5.92 Å².